The van der Waals surface area contributed by atoms with Gasteiger partial charge in [0.2, 0.25) is 0 Å². The minimum atomic E-state index is -0.00496. The molecule has 0 bridgehead atoms. The summed E-state index contributed by atoms with van der Waals surface area (Å²) in [4.78, 5) is 22.5. The highest BCUT2D eigenvalue weighted by molar-refractivity contribution is 5.97. The maximum absolute atomic E-state index is 12.1. The number of fused-ring (bicyclic) bond motifs is 1. The van der Waals surface area contributed by atoms with Crippen LogP contribution in [0.4, 0.5) is 11.6 Å². The van der Waals surface area contributed by atoms with Gasteiger partial charge in [0.1, 0.15) is 11.6 Å². The highest BCUT2D eigenvalue weighted by Crippen LogP contribution is 2.31. The Bertz CT molecular complexity index is 1130. The zero-order valence-corrected chi connectivity index (χ0v) is 16.0. The second-order valence-corrected chi connectivity index (χ2v) is 6.80. The second-order valence-electron chi connectivity index (χ2n) is 6.80. The molecule has 0 atom stereocenters. The predicted molar refractivity (Wildman–Crippen MR) is 112 cm³/mol. The number of aryl methyl sites for hydroxylation is 1. The molecule has 3 aromatic heterocycles. The van der Waals surface area contributed by atoms with Crippen LogP contribution in [0.3, 0.4) is 0 Å². The summed E-state index contributed by atoms with van der Waals surface area (Å²) in [5.74, 6) is 1.51. The third-order valence-electron chi connectivity index (χ3n) is 4.72. The Balaban J connectivity index is 1.74. The van der Waals surface area contributed by atoms with Crippen molar-refractivity contribution in [2.24, 2.45) is 7.05 Å². The highest BCUT2D eigenvalue weighted by Gasteiger charge is 2.13. The SMILES string of the molecule is CN(C)C(=O)c1ccc(-c2cc3c(Nc4ccccn4)nccc3n2C)cc1. The van der Waals surface area contributed by atoms with Gasteiger partial charge in [0, 0.05) is 50.2 Å². The summed E-state index contributed by atoms with van der Waals surface area (Å²) in [5, 5.41) is 4.30. The molecule has 0 saturated carbocycles. The second kappa shape index (κ2) is 7.15. The van der Waals surface area contributed by atoms with E-state index in [0.29, 0.717) is 5.56 Å². The fraction of sp³-hybridized carbons (Fsp3) is 0.136. The molecular weight excluding hydrogens is 350 g/mol. The summed E-state index contributed by atoms with van der Waals surface area (Å²) in [6, 6.07) is 17.5. The maximum atomic E-state index is 12.1. The summed E-state index contributed by atoms with van der Waals surface area (Å²) >= 11 is 0. The fourth-order valence-electron chi connectivity index (χ4n) is 3.24. The molecule has 0 aliphatic carbocycles. The smallest absolute Gasteiger partial charge is 0.253 e. The van der Waals surface area contributed by atoms with Gasteiger partial charge in [-0.1, -0.05) is 18.2 Å². The number of carbonyl (C=O) groups excluding carboxylic acids is 1. The lowest BCUT2D eigenvalue weighted by Gasteiger charge is -2.11. The Morgan fingerprint density at radius 2 is 1.79 bits per heavy atom. The van der Waals surface area contributed by atoms with E-state index in [1.165, 1.54) is 0 Å². The van der Waals surface area contributed by atoms with E-state index >= 15 is 0 Å². The van der Waals surface area contributed by atoms with Crippen LogP contribution in [-0.4, -0.2) is 39.4 Å². The number of anilines is 2. The summed E-state index contributed by atoms with van der Waals surface area (Å²) in [7, 11) is 5.54. The monoisotopic (exact) mass is 371 g/mol. The van der Waals surface area contributed by atoms with E-state index in [-0.39, 0.29) is 5.91 Å². The zero-order valence-electron chi connectivity index (χ0n) is 16.0. The number of rotatable bonds is 4. The Morgan fingerprint density at radius 1 is 1.00 bits per heavy atom. The Morgan fingerprint density at radius 3 is 2.46 bits per heavy atom. The van der Waals surface area contributed by atoms with Crippen LogP contribution in [0.1, 0.15) is 10.4 Å². The molecule has 0 spiro atoms. The third-order valence-corrected chi connectivity index (χ3v) is 4.72. The molecule has 1 amide bonds. The molecule has 6 nitrogen and oxygen atoms in total. The first-order valence-electron chi connectivity index (χ1n) is 8.99. The van der Waals surface area contributed by atoms with Gasteiger partial charge in [-0.15, -0.1) is 0 Å². The van der Waals surface area contributed by atoms with Crippen LogP contribution in [0, 0.1) is 0 Å². The number of hydrogen-bond acceptors (Lipinski definition) is 4. The number of nitrogens with one attached hydrogen (secondary N) is 1. The van der Waals surface area contributed by atoms with Gasteiger partial charge in [0.05, 0.1) is 5.52 Å². The van der Waals surface area contributed by atoms with E-state index in [2.05, 4.69) is 25.9 Å². The summed E-state index contributed by atoms with van der Waals surface area (Å²) in [5.41, 5.74) is 3.83. The molecule has 0 fully saturated rings. The molecule has 0 aliphatic heterocycles. The van der Waals surface area contributed by atoms with Crippen LogP contribution in [0.25, 0.3) is 22.2 Å². The van der Waals surface area contributed by atoms with Gasteiger partial charge in [0.15, 0.2) is 0 Å². The van der Waals surface area contributed by atoms with Crippen LogP contribution in [0.2, 0.25) is 0 Å². The molecule has 0 radical (unpaired) electrons. The number of benzene rings is 1. The first-order chi connectivity index (χ1) is 13.5. The predicted octanol–water partition coefficient (Wildman–Crippen LogP) is 4.08. The van der Waals surface area contributed by atoms with Crippen molar-refractivity contribution >= 4 is 28.4 Å². The topological polar surface area (TPSA) is 63.1 Å². The first kappa shape index (κ1) is 17.7. The number of nitrogens with zero attached hydrogens (tertiary/aromatic N) is 4. The molecule has 4 aromatic rings. The Kier molecular flexibility index (Phi) is 4.53. The van der Waals surface area contributed by atoms with Crippen molar-refractivity contribution in [2.75, 3.05) is 19.4 Å². The molecule has 140 valence electrons. The molecule has 4 rings (SSSR count). The van der Waals surface area contributed by atoms with Crippen molar-refractivity contribution in [3.8, 4) is 11.3 Å². The van der Waals surface area contributed by atoms with Crippen LogP contribution in [0.15, 0.2) is 67.0 Å². The molecule has 3 heterocycles. The van der Waals surface area contributed by atoms with E-state index in [1.54, 1.807) is 31.4 Å². The Labute approximate surface area is 163 Å². The number of pyridine rings is 2. The van der Waals surface area contributed by atoms with Gasteiger partial charge < -0.3 is 14.8 Å². The van der Waals surface area contributed by atoms with E-state index < -0.39 is 0 Å². The molecule has 0 saturated heterocycles. The van der Waals surface area contributed by atoms with Crippen molar-refractivity contribution < 1.29 is 4.79 Å². The minimum absolute atomic E-state index is 0.00496. The molecule has 1 N–H and O–H groups in total. The third kappa shape index (κ3) is 3.20. The fourth-order valence-corrected chi connectivity index (χ4v) is 3.24. The Hall–Kier alpha value is -3.67. The maximum Gasteiger partial charge on any atom is 0.253 e. The van der Waals surface area contributed by atoms with Gasteiger partial charge in [-0.2, -0.15) is 0 Å². The van der Waals surface area contributed by atoms with E-state index in [0.717, 1.165) is 33.8 Å². The number of carbonyl (C=O) groups is 1. The number of amides is 1. The van der Waals surface area contributed by atoms with Gasteiger partial charge >= 0.3 is 0 Å². The van der Waals surface area contributed by atoms with Crippen molar-refractivity contribution in [3.63, 3.8) is 0 Å². The van der Waals surface area contributed by atoms with Crippen LogP contribution < -0.4 is 5.32 Å². The van der Waals surface area contributed by atoms with E-state index in [4.69, 9.17) is 0 Å². The molecular formula is C22H21N5O. The number of hydrogen-bond donors (Lipinski definition) is 1. The normalized spacial score (nSPS) is 10.8. The highest BCUT2D eigenvalue weighted by atomic mass is 16.2. The van der Waals surface area contributed by atoms with Crippen molar-refractivity contribution in [3.05, 3.63) is 72.6 Å². The zero-order chi connectivity index (χ0) is 19.7. The molecule has 1 aromatic carbocycles. The van der Waals surface area contributed by atoms with Crippen LogP contribution in [-0.2, 0) is 7.05 Å². The lowest BCUT2D eigenvalue weighted by Crippen LogP contribution is -2.21. The lowest BCUT2D eigenvalue weighted by atomic mass is 10.1. The quantitative estimate of drug-likeness (QED) is 0.587. The van der Waals surface area contributed by atoms with Crippen molar-refractivity contribution in [2.45, 2.75) is 0 Å². The van der Waals surface area contributed by atoms with Crippen LogP contribution in [0.5, 0.6) is 0 Å². The standard InChI is InChI=1S/C22H21N5O/c1-26(2)22(28)16-9-7-15(8-10-16)19-14-17-18(27(19)3)11-13-24-21(17)25-20-6-4-5-12-23-20/h4-14H,1-3H3,(H,23,24,25). The van der Waals surface area contributed by atoms with Gasteiger partial charge in [0.25, 0.3) is 5.91 Å². The van der Waals surface area contributed by atoms with Gasteiger partial charge in [-0.25, -0.2) is 9.97 Å². The van der Waals surface area contributed by atoms with E-state index in [1.807, 2.05) is 55.6 Å². The average molecular weight is 371 g/mol. The van der Waals surface area contributed by atoms with Gasteiger partial charge in [-0.05, 0) is 42.0 Å². The lowest BCUT2D eigenvalue weighted by molar-refractivity contribution is 0.0827. The average Bonchev–Trinajstić information content (AvgIpc) is 3.06. The number of aromatic nitrogens is 3. The summed E-state index contributed by atoms with van der Waals surface area (Å²) in [6.07, 6.45) is 3.53. The van der Waals surface area contributed by atoms with Crippen LogP contribution >= 0.6 is 0 Å². The molecule has 6 heteroatoms. The minimum Gasteiger partial charge on any atom is -0.345 e. The van der Waals surface area contributed by atoms with E-state index in [9.17, 15) is 4.79 Å². The van der Waals surface area contributed by atoms with Crippen molar-refractivity contribution in [1.82, 2.24) is 19.4 Å². The molecule has 0 unspecified atom stereocenters. The van der Waals surface area contributed by atoms with Gasteiger partial charge in [-0.3, -0.25) is 4.79 Å². The first-order valence-corrected chi connectivity index (χ1v) is 8.99. The summed E-state index contributed by atoms with van der Waals surface area (Å²) in [6.45, 7) is 0. The summed E-state index contributed by atoms with van der Waals surface area (Å²) < 4.78 is 2.13. The molecule has 0 aliphatic rings. The largest absolute Gasteiger partial charge is 0.345 e. The molecule has 28 heavy (non-hydrogen) atoms. The van der Waals surface area contributed by atoms with Crippen molar-refractivity contribution in [1.29, 1.82) is 0 Å².